The molecule has 2 aromatic rings. The van der Waals surface area contributed by atoms with Gasteiger partial charge in [0.15, 0.2) is 0 Å². The van der Waals surface area contributed by atoms with Gasteiger partial charge in [0.1, 0.15) is 0 Å². The van der Waals surface area contributed by atoms with E-state index < -0.39 is 10.0 Å². The van der Waals surface area contributed by atoms with E-state index in [-0.39, 0.29) is 5.91 Å². The summed E-state index contributed by atoms with van der Waals surface area (Å²) in [6.07, 6.45) is 1.95. The molecule has 0 N–H and O–H groups in total. The lowest BCUT2D eigenvalue weighted by atomic mass is 10.0. The van der Waals surface area contributed by atoms with Gasteiger partial charge in [-0.05, 0) is 42.0 Å². The average Bonchev–Trinajstić information content (AvgIpc) is 2.73. The summed E-state index contributed by atoms with van der Waals surface area (Å²) in [4.78, 5) is 15.8. The molecule has 0 unspecified atom stereocenters. The molecular weight excluding hydrogens is 392 g/mol. The van der Waals surface area contributed by atoms with Crippen LogP contribution in [-0.2, 0) is 10.0 Å². The van der Waals surface area contributed by atoms with Gasteiger partial charge in [-0.15, -0.1) is 11.8 Å². The summed E-state index contributed by atoms with van der Waals surface area (Å²) in [6, 6.07) is 14.6. The Morgan fingerprint density at radius 3 is 2.14 bits per heavy atom. The quantitative estimate of drug-likeness (QED) is 0.695. The summed E-state index contributed by atoms with van der Waals surface area (Å²) in [5, 5.41) is 0. The first kappa shape index (κ1) is 20.9. The molecule has 1 aliphatic heterocycles. The van der Waals surface area contributed by atoms with Crippen molar-refractivity contribution >= 4 is 27.7 Å². The van der Waals surface area contributed by atoms with Gasteiger partial charge >= 0.3 is 0 Å². The van der Waals surface area contributed by atoms with E-state index in [2.05, 4.69) is 13.8 Å². The molecule has 28 heavy (non-hydrogen) atoms. The third-order valence-electron chi connectivity index (χ3n) is 5.05. The van der Waals surface area contributed by atoms with E-state index >= 15 is 0 Å². The molecule has 1 amide bonds. The number of hydrogen-bond donors (Lipinski definition) is 0. The van der Waals surface area contributed by atoms with Gasteiger partial charge in [0.05, 0.1) is 10.5 Å². The predicted molar refractivity (Wildman–Crippen MR) is 113 cm³/mol. The van der Waals surface area contributed by atoms with Crippen LogP contribution in [0.5, 0.6) is 0 Å². The predicted octanol–water partition coefficient (Wildman–Crippen LogP) is 3.68. The highest BCUT2D eigenvalue weighted by molar-refractivity contribution is 7.98. The molecule has 0 radical (unpaired) electrons. The molecule has 1 saturated heterocycles. The van der Waals surface area contributed by atoms with Crippen LogP contribution in [0.3, 0.4) is 0 Å². The molecule has 0 bridgehead atoms. The number of nitrogens with zero attached hydrogens (tertiary/aromatic N) is 2. The Balaban J connectivity index is 1.69. The molecule has 150 valence electrons. The Labute approximate surface area is 171 Å². The summed E-state index contributed by atoms with van der Waals surface area (Å²) in [7, 11) is -3.54. The standard InChI is InChI=1S/C21H26N2O3S2/c1-16(2)17-8-10-18(11-9-17)28(25,26)23-14-12-22(13-15-23)21(24)19-6-4-5-7-20(19)27-3/h4-11,16H,12-15H2,1-3H3. The Kier molecular flexibility index (Phi) is 6.47. The summed E-state index contributed by atoms with van der Waals surface area (Å²) in [5.41, 5.74) is 1.79. The normalized spacial score (nSPS) is 15.8. The van der Waals surface area contributed by atoms with Crippen LogP contribution in [0, 0.1) is 0 Å². The van der Waals surface area contributed by atoms with Gasteiger partial charge in [-0.1, -0.05) is 38.1 Å². The fraction of sp³-hybridized carbons (Fsp3) is 0.381. The number of thioether (sulfide) groups is 1. The minimum Gasteiger partial charge on any atom is -0.336 e. The summed E-state index contributed by atoms with van der Waals surface area (Å²) in [5.74, 6) is 0.318. The minimum atomic E-state index is -3.54. The second-order valence-corrected chi connectivity index (χ2v) is 9.91. The Morgan fingerprint density at radius 2 is 1.57 bits per heavy atom. The van der Waals surface area contributed by atoms with E-state index in [1.165, 1.54) is 16.1 Å². The molecule has 0 aliphatic carbocycles. The van der Waals surface area contributed by atoms with Crippen LogP contribution in [0.25, 0.3) is 0 Å². The smallest absolute Gasteiger partial charge is 0.255 e. The number of carbonyl (C=O) groups is 1. The third-order valence-corrected chi connectivity index (χ3v) is 7.76. The van der Waals surface area contributed by atoms with Crippen LogP contribution in [-0.4, -0.2) is 56.0 Å². The Bertz CT molecular complexity index is 932. The van der Waals surface area contributed by atoms with Gasteiger partial charge in [0.2, 0.25) is 10.0 Å². The SMILES string of the molecule is CSc1ccccc1C(=O)N1CCN(S(=O)(=O)c2ccc(C(C)C)cc2)CC1. The Morgan fingerprint density at radius 1 is 0.964 bits per heavy atom. The number of sulfonamides is 1. The number of amides is 1. The first-order chi connectivity index (χ1) is 13.3. The van der Waals surface area contributed by atoms with Gasteiger partial charge < -0.3 is 4.90 Å². The highest BCUT2D eigenvalue weighted by atomic mass is 32.2. The number of carbonyl (C=O) groups excluding carboxylic acids is 1. The maximum Gasteiger partial charge on any atom is 0.255 e. The molecule has 2 aromatic carbocycles. The van der Waals surface area contributed by atoms with Gasteiger partial charge in [-0.25, -0.2) is 8.42 Å². The van der Waals surface area contributed by atoms with Crippen molar-refractivity contribution in [3.05, 3.63) is 59.7 Å². The monoisotopic (exact) mass is 418 g/mol. The van der Waals surface area contributed by atoms with Crippen LogP contribution >= 0.6 is 11.8 Å². The largest absolute Gasteiger partial charge is 0.336 e. The molecule has 0 atom stereocenters. The summed E-state index contributed by atoms with van der Waals surface area (Å²) in [6.45, 7) is 5.56. The van der Waals surface area contributed by atoms with Gasteiger partial charge in [0, 0.05) is 31.1 Å². The molecule has 5 nitrogen and oxygen atoms in total. The van der Waals surface area contributed by atoms with E-state index in [0.717, 1.165) is 10.5 Å². The molecule has 0 aromatic heterocycles. The Hall–Kier alpha value is -1.83. The zero-order valence-corrected chi connectivity index (χ0v) is 18.1. The van der Waals surface area contributed by atoms with Gasteiger partial charge in [-0.2, -0.15) is 4.31 Å². The maximum atomic E-state index is 12.9. The highest BCUT2D eigenvalue weighted by Gasteiger charge is 2.31. The lowest BCUT2D eigenvalue weighted by Crippen LogP contribution is -2.50. The van der Waals surface area contributed by atoms with Crippen LogP contribution in [0.1, 0.15) is 35.7 Å². The van der Waals surface area contributed by atoms with Crippen molar-refractivity contribution in [3.8, 4) is 0 Å². The van der Waals surface area contributed by atoms with Crippen molar-refractivity contribution in [1.29, 1.82) is 0 Å². The van der Waals surface area contributed by atoms with Crippen LogP contribution in [0.15, 0.2) is 58.3 Å². The number of hydrogen-bond acceptors (Lipinski definition) is 4. The van der Waals surface area contributed by atoms with Crippen molar-refractivity contribution in [3.63, 3.8) is 0 Å². The van der Waals surface area contributed by atoms with Gasteiger partial charge in [0.25, 0.3) is 5.91 Å². The number of piperazine rings is 1. The van der Waals surface area contributed by atoms with Crippen molar-refractivity contribution in [2.24, 2.45) is 0 Å². The lowest BCUT2D eigenvalue weighted by Gasteiger charge is -2.34. The van der Waals surface area contributed by atoms with Crippen molar-refractivity contribution < 1.29 is 13.2 Å². The van der Waals surface area contributed by atoms with Crippen LogP contribution in [0.2, 0.25) is 0 Å². The summed E-state index contributed by atoms with van der Waals surface area (Å²) >= 11 is 1.54. The topological polar surface area (TPSA) is 57.7 Å². The van der Waals surface area contributed by atoms with Gasteiger partial charge in [-0.3, -0.25) is 4.79 Å². The lowest BCUT2D eigenvalue weighted by molar-refractivity contribution is 0.0694. The summed E-state index contributed by atoms with van der Waals surface area (Å²) < 4.78 is 27.3. The molecule has 1 aliphatic rings. The fourth-order valence-electron chi connectivity index (χ4n) is 3.30. The van der Waals surface area contributed by atoms with Crippen molar-refractivity contribution in [2.45, 2.75) is 29.6 Å². The molecule has 1 heterocycles. The first-order valence-corrected chi connectivity index (χ1v) is 12.0. The third kappa shape index (κ3) is 4.26. The van der Waals surface area contributed by atoms with E-state index in [9.17, 15) is 13.2 Å². The minimum absolute atomic E-state index is 0.0386. The molecular formula is C21H26N2O3S2. The van der Waals surface area contributed by atoms with Crippen molar-refractivity contribution in [2.75, 3.05) is 32.4 Å². The molecule has 3 rings (SSSR count). The zero-order chi connectivity index (χ0) is 20.3. The van der Waals surface area contributed by atoms with Crippen LogP contribution < -0.4 is 0 Å². The number of rotatable bonds is 5. The second-order valence-electron chi connectivity index (χ2n) is 7.12. The molecule has 0 saturated carbocycles. The van der Waals surface area contributed by atoms with E-state index in [1.54, 1.807) is 17.0 Å². The maximum absolute atomic E-state index is 12.9. The van der Waals surface area contributed by atoms with Crippen molar-refractivity contribution in [1.82, 2.24) is 9.21 Å². The van der Waals surface area contributed by atoms with E-state index in [4.69, 9.17) is 0 Å². The fourth-order valence-corrected chi connectivity index (χ4v) is 5.31. The number of benzene rings is 2. The van der Waals surface area contributed by atoms with E-state index in [1.807, 2.05) is 42.7 Å². The zero-order valence-electron chi connectivity index (χ0n) is 16.5. The molecule has 1 fully saturated rings. The van der Waals surface area contributed by atoms with Crippen LogP contribution in [0.4, 0.5) is 0 Å². The second kappa shape index (κ2) is 8.68. The first-order valence-electron chi connectivity index (χ1n) is 9.37. The highest BCUT2D eigenvalue weighted by Crippen LogP contribution is 2.24. The average molecular weight is 419 g/mol. The van der Waals surface area contributed by atoms with E-state index in [0.29, 0.717) is 42.6 Å². The molecule has 7 heteroatoms. The molecule has 0 spiro atoms.